The van der Waals surface area contributed by atoms with E-state index in [9.17, 15) is 0 Å². The van der Waals surface area contributed by atoms with Crippen LogP contribution in [0, 0.1) is 5.92 Å². The van der Waals surface area contributed by atoms with Crippen LogP contribution in [0.25, 0.3) is 0 Å². The van der Waals surface area contributed by atoms with Crippen molar-refractivity contribution >= 4 is 0 Å². The van der Waals surface area contributed by atoms with E-state index in [4.69, 9.17) is 4.74 Å². The number of ether oxygens (including phenoxy) is 1. The Bertz CT molecular complexity index is 351. The predicted octanol–water partition coefficient (Wildman–Crippen LogP) is 3.02. The number of hydrogen-bond acceptors (Lipinski definition) is 2. The van der Waals surface area contributed by atoms with Gasteiger partial charge >= 0.3 is 0 Å². The van der Waals surface area contributed by atoms with Crippen LogP contribution < -0.4 is 10.1 Å². The summed E-state index contributed by atoms with van der Waals surface area (Å²) in [5.41, 5.74) is 1.36. The molecule has 0 saturated carbocycles. The molecule has 2 unspecified atom stereocenters. The minimum atomic E-state index is 0.586. The first-order chi connectivity index (χ1) is 8.35. The molecule has 0 amide bonds. The summed E-state index contributed by atoms with van der Waals surface area (Å²) in [5.74, 6) is 1.69. The molecular formula is C15H23NO. The van der Waals surface area contributed by atoms with E-state index in [2.05, 4.69) is 37.4 Å². The van der Waals surface area contributed by atoms with Crippen molar-refractivity contribution in [2.75, 3.05) is 13.2 Å². The third-order valence-corrected chi connectivity index (χ3v) is 3.57. The fourth-order valence-electron chi connectivity index (χ4n) is 2.58. The third kappa shape index (κ3) is 3.01. The highest BCUT2D eigenvalue weighted by atomic mass is 16.5. The van der Waals surface area contributed by atoms with E-state index < -0.39 is 0 Å². The topological polar surface area (TPSA) is 21.3 Å². The average Bonchev–Trinajstić information content (AvgIpc) is 2.39. The Morgan fingerprint density at radius 3 is 2.94 bits per heavy atom. The van der Waals surface area contributed by atoms with Gasteiger partial charge in [0.05, 0.1) is 6.61 Å². The molecule has 1 aromatic carbocycles. The van der Waals surface area contributed by atoms with Crippen molar-refractivity contribution in [3.05, 3.63) is 29.8 Å². The maximum Gasteiger partial charge on any atom is 0.122 e. The first-order valence-electron chi connectivity index (χ1n) is 6.79. The maximum atomic E-state index is 5.86. The fraction of sp³-hybridized carbons (Fsp3) is 0.600. The molecular weight excluding hydrogens is 210 g/mol. The lowest BCUT2D eigenvalue weighted by Crippen LogP contribution is -2.41. The lowest BCUT2D eigenvalue weighted by atomic mass is 9.89. The standard InChI is InChI=1S/C15H23NO/c1-3-9-16-14(4-2)13-10-12-7-5-6-8-15(12)17-11-13/h5-8,13-14,16H,3-4,9-11H2,1-2H3. The maximum absolute atomic E-state index is 5.86. The second-order valence-corrected chi connectivity index (χ2v) is 4.85. The van der Waals surface area contributed by atoms with Crippen LogP contribution in [-0.2, 0) is 6.42 Å². The lowest BCUT2D eigenvalue weighted by Gasteiger charge is -2.31. The van der Waals surface area contributed by atoms with E-state index in [0.717, 1.165) is 25.3 Å². The molecule has 1 N–H and O–H groups in total. The van der Waals surface area contributed by atoms with Gasteiger partial charge in [-0.3, -0.25) is 0 Å². The Hall–Kier alpha value is -1.02. The summed E-state index contributed by atoms with van der Waals surface area (Å²) in [6, 6.07) is 9.00. The molecule has 1 aliphatic heterocycles. The highest BCUT2D eigenvalue weighted by Gasteiger charge is 2.25. The zero-order chi connectivity index (χ0) is 12.1. The molecule has 0 spiro atoms. The van der Waals surface area contributed by atoms with Crippen molar-refractivity contribution in [3.63, 3.8) is 0 Å². The van der Waals surface area contributed by atoms with Crippen LogP contribution in [0.3, 0.4) is 0 Å². The van der Waals surface area contributed by atoms with Crippen molar-refractivity contribution in [2.45, 2.75) is 39.2 Å². The number of hydrogen-bond donors (Lipinski definition) is 1. The van der Waals surface area contributed by atoms with E-state index >= 15 is 0 Å². The molecule has 0 aliphatic carbocycles. The van der Waals surface area contributed by atoms with Gasteiger partial charge in [-0.25, -0.2) is 0 Å². The summed E-state index contributed by atoms with van der Waals surface area (Å²) in [6.07, 6.45) is 3.52. The molecule has 1 heterocycles. The highest BCUT2D eigenvalue weighted by Crippen LogP contribution is 2.28. The van der Waals surface area contributed by atoms with Gasteiger partial charge in [-0.15, -0.1) is 0 Å². The molecule has 0 saturated heterocycles. The monoisotopic (exact) mass is 233 g/mol. The molecule has 2 heteroatoms. The molecule has 0 bridgehead atoms. The van der Waals surface area contributed by atoms with E-state index in [1.165, 1.54) is 18.4 Å². The van der Waals surface area contributed by atoms with Crippen molar-refractivity contribution in [3.8, 4) is 5.75 Å². The first kappa shape index (κ1) is 12.4. The Morgan fingerprint density at radius 1 is 1.35 bits per heavy atom. The van der Waals surface area contributed by atoms with Gasteiger partial charge in [0.15, 0.2) is 0 Å². The highest BCUT2D eigenvalue weighted by molar-refractivity contribution is 5.35. The predicted molar refractivity (Wildman–Crippen MR) is 71.5 cm³/mol. The third-order valence-electron chi connectivity index (χ3n) is 3.57. The van der Waals surface area contributed by atoms with Crippen LogP contribution in [0.15, 0.2) is 24.3 Å². The summed E-state index contributed by atoms with van der Waals surface area (Å²) in [5, 5.41) is 3.64. The van der Waals surface area contributed by atoms with Gasteiger partial charge < -0.3 is 10.1 Å². The summed E-state index contributed by atoms with van der Waals surface area (Å²) in [7, 11) is 0. The van der Waals surface area contributed by atoms with Crippen LogP contribution in [0.1, 0.15) is 32.3 Å². The van der Waals surface area contributed by atoms with E-state index in [0.29, 0.717) is 12.0 Å². The molecule has 2 rings (SSSR count). The van der Waals surface area contributed by atoms with E-state index in [1.807, 2.05) is 6.07 Å². The van der Waals surface area contributed by atoms with Crippen LogP contribution in [0.2, 0.25) is 0 Å². The van der Waals surface area contributed by atoms with Gasteiger partial charge in [0, 0.05) is 12.0 Å². The smallest absolute Gasteiger partial charge is 0.122 e. The molecule has 1 aliphatic rings. The molecule has 1 aromatic rings. The van der Waals surface area contributed by atoms with Gasteiger partial charge in [-0.2, -0.15) is 0 Å². The zero-order valence-electron chi connectivity index (χ0n) is 10.9. The Balaban J connectivity index is 2.00. The number of rotatable bonds is 5. The van der Waals surface area contributed by atoms with Crippen molar-refractivity contribution < 1.29 is 4.74 Å². The summed E-state index contributed by atoms with van der Waals surface area (Å²) in [6.45, 7) is 6.43. The minimum absolute atomic E-state index is 0.586. The number of nitrogens with one attached hydrogen (secondary N) is 1. The van der Waals surface area contributed by atoms with Crippen molar-refractivity contribution in [2.24, 2.45) is 5.92 Å². The Labute approximate surface area is 104 Å². The summed E-state index contributed by atoms with van der Waals surface area (Å²) >= 11 is 0. The van der Waals surface area contributed by atoms with Crippen LogP contribution in [0.5, 0.6) is 5.75 Å². The molecule has 0 aromatic heterocycles. The number of fused-ring (bicyclic) bond motifs is 1. The molecule has 0 fully saturated rings. The van der Waals surface area contributed by atoms with Crippen molar-refractivity contribution in [1.29, 1.82) is 0 Å². The van der Waals surface area contributed by atoms with Crippen LogP contribution >= 0.6 is 0 Å². The van der Waals surface area contributed by atoms with Crippen LogP contribution in [-0.4, -0.2) is 19.2 Å². The second-order valence-electron chi connectivity index (χ2n) is 4.85. The van der Waals surface area contributed by atoms with Crippen LogP contribution in [0.4, 0.5) is 0 Å². The molecule has 17 heavy (non-hydrogen) atoms. The zero-order valence-corrected chi connectivity index (χ0v) is 10.9. The normalized spacial score (nSPS) is 20.5. The lowest BCUT2D eigenvalue weighted by molar-refractivity contribution is 0.181. The number of para-hydroxylation sites is 1. The Kier molecular flexibility index (Phi) is 4.43. The van der Waals surface area contributed by atoms with Gasteiger partial charge in [-0.1, -0.05) is 32.0 Å². The van der Waals surface area contributed by atoms with Crippen molar-refractivity contribution in [1.82, 2.24) is 5.32 Å². The second kappa shape index (κ2) is 6.06. The molecule has 2 atom stereocenters. The van der Waals surface area contributed by atoms with Gasteiger partial charge in [0.25, 0.3) is 0 Å². The quantitative estimate of drug-likeness (QED) is 0.844. The van der Waals surface area contributed by atoms with E-state index in [-0.39, 0.29) is 0 Å². The first-order valence-corrected chi connectivity index (χ1v) is 6.79. The minimum Gasteiger partial charge on any atom is -0.493 e. The fourth-order valence-corrected chi connectivity index (χ4v) is 2.58. The molecule has 94 valence electrons. The summed E-state index contributed by atoms with van der Waals surface area (Å²) in [4.78, 5) is 0. The largest absolute Gasteiger partial charge is 0.493 e. The van der Waals surface area contributed by atoms with E-state index in [1.54, 1.807) is 0 Å². The molecule has 0 radical (unpaired) electrons. The average molecular weight is 233 g/mol. The molecule has 2 nitrogen and oxygen atoms in total. The van der Waals surface area contributed by atoms with Gasteiger partial charge in [-0.05, 0) is 37.4 Å². The number of benzene rings is 1. The summed E-state index contributed by atoms with van der Waals surface area (Å²) < 4.78 is 5.86. The SMILES string of the molecule is CCCNC(CC)C1COc2ccccc2C1. The van der Waals surface area contributed by atoms with Gasteiger partial charge in [0.2, 0.25) is 0 Å². The van der Waals surface area contributed by atoms with Gasteiger partial charge in [0.1, 0.15) is 5.75 Å². The Morgan fingerprint density at radius 2 is 2.18 bits per heavy atom.